The maximum absolute atomic E-state index is 13.0. The molecular weight excluding hydrogens is 390 g/mol. The number of hydrogen-bond acceptors (Lipinski definition) is 5. The quantitative estimate of drug-likeness (QED) is 0.773. The van der Waals surface area contributed by atoms with Crippen molar-refractivity contribution < 1.29 is 18.0 Å². The van der Waals surface area contributed by atoms with Crippen LogP contribution in [-0.4, -0.2) is 66.9 Å². The molecule has 3 fully saturated rings. The number of carbonyl (C=O) groups excluding carboxylic acids is 2. The summed E-state index contributed by atoms with van der Waals surface area (Å²) >= 11 is 0. The Hall–Kier alpha value is -1.93. The van der Waals surface area contributed by atoms with Crippen LogP contribution in [0.3, 0.4) is 0 Å². The molecule has 29 heavy (non-hydrogen) atoms. The van der Waals surface area contributed by atoms with E-state index in [0.717, 1.165) is 22.7 Å². The van der Waals surface area contributed by atoms with Crippen molar-refractivity contribution in [3.8, 4) is 0 Å². The molecule has 1 aromatic carbocycles. The smallest absolute Gasteiger partial charge is 0.253 e. The Morgan fingerprint density at radius 1 is 1.24 bits per heavy atom. The van der Waals surface area contributed by atoms with Gasteiger partial charge in [-0.3, -0.25) is 14.5 Å². The van der Waals surface area contributed by atoms with Crippen LogP contribution in [0, 0.1) is 5.92 Å². The molecule has 2 heterocycles. The molecule has 1 N–H and O–H groups in total. The molecule has 2 saturated heterocycles. The third-order valence-corrected chi connectivity index (χ3v) is 7.98. The molecule has 0 aromatic heterocycles. The Bertz CT molecular complexity index is 896. The minimum atomic E-state index is -3.58. The molecule has 0 spiro atoms. The van der Waals surface area contributed by atoms with Gasteiger partial charge in [0, 0.05) is 25.7 Å². The topological polar surface area (TPSA) is 86.8 Å². The van der Waals surface area contributed by atoms with E-state index in [1.54, 1.807) is 0 Å². The summed E-state index contributed by atoms with van der Waals surface area (Å²) in [7, 11) is -3.58. The van der Waals surface area contributed by atoms with Gasteiger partial charge in [-0.05, 0) is 30.7 Å². The molecular formula is C21H29N3O4S. The normalized spacial score (nSPS) is 28.1. The molecule has 2 atom stereocenters. The minimum absolute atomic E-state index is 0.0190. The largest absolute Gasteiger partial charge is 0.351 e. The lowest BCUT2D eigenvalue weighted by molar-refractivity contribution is -0.131. The monoisotopic (exact) mass is 419 g/mol. The number of carbonyl (C=O) groups is 2. The van der Waals surface area contributed by atoms with Crippen LogP contribution in [0.4, 0.5) is 0 Å². The first-order valence-electron chi connectivity index (χ1n) is 10.4. The highest BCUT2D eigenvalue weighted by molar-refractivity contribution is 7.89. The van der Waals surface area contributed by atoms with E-state index in [2.05, 4.69) is 5.32 Å². The summed E-state index contributed by atoms with van der Waals surface area (Å²) < 4.78 is 26.2. The third kappa shape index (κ3) is 3.80. The number of hydrogen-bond donors (Lipinski definition) is 1. The molecule has 2 amide bonds. The number of fused-ring (bicyclic) bond motifs is 1. The zero-order valence-electron chi connectivity index (χ0n) is 17.0. The van der Waals surface area contributed by atoms with Gasteiger partial charge in [0.25, 0.3) is 5.91 Å². The van der Waals surface area contributed by atoms with Crippen molar-refractivity contribution >= 4 is 21.8 Å². The van der Waals surface area contributed by atoms with E-state index in [1.165, 1.54) is 0 Å². The van der Waals surface area contributed by atoms with Gasteiger partial charge in [-0.2, -0.15) is 0 Å². The Kier molecular flexibility index (Phi) is 5.19. The van der Waals surface area contributed by atoms with E-state index in [4.69, 9.17) is 0 Å². The Labute approximate surface area is 172 Å². The van der Waals surface area contributed by atoms with Crippen molar-refractivity contribution in [2.24, 2.45) is 5.92 Å². The molecule has 1 aliphatic carbocycles. The molecule has 4 rings (SSSR count). The van der Waals surface area contributed by atoms with Crippen LogP contribution in [0.5, 0.6) is 0 Å². The van der Waals surface area contributed by atoms with Gasteiger partial charge in [0.1, 0.15) is 0 Å². The molecule has 1 aromatic rings. The van der Waals surface area contributed by atoms with Crippen LogP contribution in [0.25, 0.3) is 0 Å². The molecule has 7 nitrogen and oxygen atoms in total. The first-order chi connectivity index (χ1) is 13.7. The van der Waals surface area contributed by atoms with E-state index in [-0.39, 0.29) is 36.1 Å². The van der Waals surface area contributed by atoms with Crippen molar-refractivity contribution in [2.75, 3.05) is 25.4 Å². The zero-order chi connectivity index (χ0) is 20.8. The highest BCUT2D eigenvalue weighted by Gasteiger charge is 2.53. The fourth-order valence-corrected chi connectivity index (χ4v) is 6.15. The molecule has 8 heteroatoms. The summed E-state index contributed by atoms with van der Waals surface area (Å²) in [6.45, 7) is 4.85. The number of rotatable bonds is 5. The second-order valence-electron chi connectivity index (χ2n) is 8.94. The third-order valence-electron chi connectivity index (χ3n) is 6.28. The molecule has 158 valence electrons. The van der Waals surface area contributed by atoms with Crippen LogP contribution in [0.2, 0.25) is 0 Å². The average Bonchev–Trinajstić information content (AvgIpc) is 3.41. The van der Waals surface area contributed by atoms with Gasteiger partial charge in [-0.15, -0.1) is 0 Å². The lowest BCUT2D eigenvalue weighted by atomic mass is 9.94. The summed E-state index contributed by atoms with van der Waals surface area (Å²) in [5.41, 5.74) is 0.591. The van der Waals surface area contributed by atoms with Crippen LogP contribution in [0.1, 0.15) is 38.7 Å². The van der Waals surface area contributed by atoms with Crippen molar-refractivity contribution in [2.45, 2.75) is 50.6 Å². The van der Waals surface area contributed by atoms with E-state index in [0.29, 0.717) is 19.5 Å². The van der Waals surface area contributed by atoms with Crippen molar-refractivity contribution in [3.63, 3.8) is 0 Å². The van der Waals surface area contributed by atoms with Crippen molar-refractivity contribution in [1.29, 1.82) is 0 Å². The van der Waals surface area contributed by atoms with Gasteiger partial charge in [0.05, 0.1) is 17.2 Å². The summed E-state index contributed by atoms with van der Waals surface area (Å²) in [6.07, 6.45) is 2.13. The number of nitrogens with zero attached hydrogens (tertiary/aromatic N) is 2. The van der Waals surface area contributed by atoms with E-state index in [9.17, 15) is 18.0 Å². The SMILES string of the molecule is CC(C)CN1C(=O)[C@@H]2C[C@H](NC(=O)C3(c4ccccc4)CC3)CN2CCS1(=O)=O. The van der Waals surface area contributed by atoms with Crippen LogP contribution >= 0.6 is 0 Å². The lowest BCUT2D eigenvalue weighted by Crippen LogP contribution is -2.46. The first kappa shape index (κ1) is 20.3. The van der Waals surface area contributed by atoms with Gasteiger partial charge in [0.15, 0.2) is 0 Å². The van der Waals surface area contributed by atoms with Crippen LogP contribution < -0.4 is 5.32 Å². The summed E-state index contributed by atoms with van der Waals surface area (Å²) in [5.74, 6) is -0.322. The Balaban J connectivity index is 1.46. The highest BCUT2D eigenvalue weighted by atomic mass is 32.2. The maximum Gasteiger partial charge on any atom is 0.253 e. The van der Waals surface area contributed by atoms with Crippen LogP contribution in [0.15, 0.2) is 30.3 Å². The fraction of sp³-hybridized carbons (Fsp3) is 0.619. The van der Waals surface area contributed by atoms with E-state index < -0.39 is 21.5 Å². The van der Waals surface area contributed by atoms with Gasteiger partial charge >= 0.3 is 0 Å². The second kappa shape index (κ2) is 7.40. The highest BCUT2D eigenvalue weighted by Crippen LogP contribution is 2.48. The van der Waals surface area contributed by atoms with Crippen molar-refractivity contribution in [3.05, 3.63) is 35.9 Å². The van der Waals surface area contributed by atoms with Gasteiger partial charge in [-0.25, -0.2) is 12.7 Å². The van der Waals surface area contributed by atoms with Crippen molar-refractivity contribution in [1.82, 2.24) is 14.5 Å². The molecule has 0 unspecified atom stereocenters. The number of amides is 2. The summed E-state index contributed by atoms with van der Waals surface area (Å²) in [5, 5.41) is 3.15. The van der Waals surface area contributed by atoms with Gasteiger partial charge in [0.2, 0.25) is 15.9 Å². The zero-order valence-corrected chi connectivity index (χ0v) is 17.8. The molecule has 1 saturated carbocycles. The molecule has 0 radical (unpaired) electrons. The van der Waals surface area contributed by atoms with Gasteiger partial charge in [-0.1, -0.05) is 44.2 Å². The average molecular weight is 420 g/mol. The maximum atomic E-state index is 13.0. The standard InChI is InChI=1S/C21H29N3O4S/c1-15(2)13-24-19(25)18-12-17(14-23(18)10-11-29(24,27)28)22-20(26)21(8-9-21)16-6-4-3-5-7-16/h3-7,15,17-18H,8-14H2,1-2H3,(H,22,26)/t17-,18-/m0/s1. The molecule has 2 aliphatic heterocycles. The Morgan fingerprint density at radius 3 is 2.55 bits per heavy atom. The van der Waals surface area contributed by atoms with Gasteiger partial charge < -0.3 is 5.32 Å². The number of benzene rings is 1. The van der Waals surface area contributed by atoms with Crippen LogP contribution in [-0.2, 0) is 25.0 Å². The summed E-state index contributed by atoms with van der Waals surface area (Å²) in [4.78, 5) is 28.0. The molecule has 3 aliphatic rings. The number of sulfonamides is 1. The molecule has 0 bridgehead atoms. The fourth-order valence-electron chi connectivity index (χ4n) is 4.55. The lowest BCUT2D eigenvalue weighted by Gasteiger charge is -2.25. The number of nitrogens with one attached hydrogen (secondary N) is 1. The summed E-state index contributed by atoms with van der Waals surface area (Å²) in [6, 6.07) is 9.20. The van der Waals surface area contributed by atoms with E-state index in [1.807, 2.05) is 49.1 Å². The Morgan fingerprint density at radius 2 is 1.93 bits per heavy atom. The van der Waals surface area contributed by atoms with E-state index >= 15 is 0 Å². The predicted molar refractivity (Wildman–Crippen MR) is 110 cm³/mol. The second-order valence-corrected chi connectivity index (χ2v) is 11.0. The predicted octanol–water partition coefficient (Wildman–Crippen LogP) is 1.11. The first-order valence-corrected chi connectivity index (χ1v) is 12.0. The minimum Gasteiger partial charge on any atom is -0.351 e.